The van der Waals surface area contributed by atoms with Crippen molar-refractivity contribution >= 4 is 39.1 Å². The van der Waals surface area contributed by atoms with Crippen LogP contribution in [0.5, 0.6) is 11.5 Å². The van der Waals surface area contributed by atoms with Crippen molar-refractivity contribution in [3.63, 3.8) is 0 Å². The standard InChI is InChI=1S/C32H37NO6S2/c1-20(2)19-41(35,36)39-23-10-13-26(29(16-23)37-6)25-14-15-28-30(21(3)17-32(4,5)33-28)27(25)18-38-31(34)22-8-11-24(40-7)12-9-22/h8-17,20,33H,18-19H2,1-7H3. The number of fused-ring (bicyclic) bond motifs is 1. The minimum atomic E-state index is -3.75. The molecule has 7 nitrogen and oxygen atoms in total. The molecule has 0 saturated carbocycles. The van der Waals surface area contributed by atoms with Crippen LogP contribution in [0.3, 0.4) is 0 Å². The molecule has 0 aromatic heterocycles. The Bertz CT molecular complexity index is 1570. The van der Waals surface area contributed by atoms with Gasteiger partial charge in [-0.15, -0.1) is 11.8 Å². The summed E-state index contributed by atoms with van der Waals surface area (Å²) in [5.74, 6) is 0.0312. The third-order valence-electron chi connectivity index (χ3n) is 6.64. The normalized spacial score (nSPS) is 14.1. The Morgan fingerprint density at radius 3 is 2.34 bits per heavy atom. The molecule has 1 aliphatic heterocycles. The van der Waals surface area contributed by atoms with E-state index in [0.717, 1.165) is 38.4 Å². The molecule has 4 rings (SSSR count). The summed E-state index contributed by atoms with van der Waals surface area (Å²) in [6.45, 7) is 9.91. The number of esters is 1. The smallest absolute Gasteiger partial charge is 0.338 e. The van der Waals surface area contributed by atoms with Crippen LogP contribution in [0.25, 0.3) is 16.7 Å². The van der Waals surface area contributed by atoms with Crippen LogP contribution < -0.4 is 14.2 Å². The van der Waals surface area contributed by atoms with Gasteiger partial charge in [0.1, 0.15) is 18.1 Å². The zero-order valence-electron chi connectivity index (χ0n) is 24.5. The molecule has 3 aromatic carbocycles. The fraction of sp³-hybridized carbons (Fsp3) is 0.344. The summed E-state index contributed by atoms with van der Waals surface area (Å²) in [6, 6.07) is 16.2. The van der Waals surface area contributed by atoms with Crippen molar-refractivity contribution < 1.29 is 26.9 Å². The van der Waals surface area contributed by atoms with Gasteiger partial charge in [-0.3, -0.25) is 0 Å². The van der Waals surface area contributed by atoms with Crippen molar-refractivity contribution in [2.45, 2.75) is 51.7 Å². The molecule has 0 amide bonds. The highest BCUT2D eigenvalue weighted by Crippen LogP contribution is 2.43. The fourth-order valence-corrected chi connectivity index (χ4v) is 6.77. The highest BCUT2D eigenvalue weighted by atomic mass is 32.2. The van der Waals surface area contributed by atoms with Crippen molar-refractivity contribution in [2.75, 3.05) is 24.4 Å². The number of nitrogens with one attached hydrogen (secondary N) is 1. The lowest BCUT2D eigenvalue weighted by Gasteiger charge is -2.33. The van der Waals surface area contributed by atoms with Gasteiger partial charge in [-0.05, 0) is 86.5 Å². The maximum Gasteiger partial charge on any atom is 0.338 e. The van der Waals surface area contributed by atoms with Crippen molar-refractivity contribution in [1.82, 2.24) is 0 Å². The highest BCUT2D eigenvalue weighted by molar-refractivity contribution is 7.98. The second-order valence-corrected chi connectivity index (χ2v) is 13.6. The Morgan fingerprint density at radius 2 is 1.71 bits per heavy atom. The van der Waals surface area contributed by atoms with E-state index in [-0.39, 0.29) is 29.6 Å². The molecule has 0 aliphatic carbocycles. The van der Waals surface area contributed by atoms with E-state index < -0.39 is 16.1 Å². The van der Waals surface area contributed by atoms with Crippen LogP contribution >= 0.6 is 11.8 Å². The Labute approximate surface area is 247 Å². The zero-order valence-corrected chi connectivity index (χ0v) is 26.2. The number of ether oxygens (including phenoxy) is 2. The molecule has 0 unspecified atom stereocenters. The number of hydrogen-bond acceptors (Lipinski definition) is 8. The molecule has 9 heteroatoms. The Kier molecular flexibility index (Phi) is 9.09. The zero-order chi connectivity index (χ0) is 29.9. The van der Waals surface area contributed by atoms with Crippen molar-refractivity contribution in [3.8, 4) is 22.6 Å². The van der Waals surface area contributed by atoms with E-state index in [9.17, 15) is 13.2 Å². The summed E-state index contributed by atoms with van der Waals surface area (Å²) in [6.07, 6.45) is 4.13. The minimum Gasteiger partial charge on any atom is -0.496 e. The molecule has 0 bridgehead atoms. The van der Waals surface area contributed by atoms with Crippen LogP contribution in [0.15, 0.2) is 65.6 Å². The van der Waals surface area contributed by atoms with Gasteiger partial charge in [0.25, 0.3) is 0 Å². The molecule has 0 spiro atoms. The van der Waals surface area contributed by atoms with Gasteiger partial charge in [0, 0.05) is 33.3 Å². The topological polar surface area (TPSA) is 90.9 Å². The lowest BCUT2D eigenvalue weighted by Crippen LogP contribution is -2.32. The largest absolute Gasteiger partial charge is 0.496 e. The van der Waals surface area contributed by atoms with Crippen LogP contribution in [0.2, 0.25) is 0 Å². The third-order valence-corrected chi connectivity index (χ3v) is 8.90. The van der Waals surface area contributed by atoms with Gasteiger partial charge in [0.15, 0.2) is 0 Å². The van der Waals surface area contributed by atoms with Gasteiger partial charge in [0.2, 0.25) is 0 Å². The number of hydrogen-bond donors (Lipinski definition) is 1. The third kappa shape index (κ3) is 7.26. The first-order valence-corrected chi connectivity index (χ1v) is 16.2. The molecule has 3 aromatic rings. The lowest BCUT2D eigenvalue weighted by molar-refractivity contribution is 0.0473. The summed E-state index contributed by atoms with van der Waals surface area (Å²) < 4.78 is 41.8. The van der Waals surface area contributed by atoms with Crippen LogP contribution in [0.4, 0.5) is 5.69 Å². The van der Waals surface area contributed by atoms with Crippen molar-refractivity contribution in [3.05, 3.63) is 77.4 Å². The van der Waals surface area contributed by atoms with Crippen LogP contribution in [-0.2, 0) is 21.5 Å². The first-order chi connectivity index (χ1) is 19.3. The average molecular weight is 596 g/mol. The molecule has 0 fully saturated rings. The average Bonchev–Trinajstić information content (AvgIpc) is 2.89. The molecule has 218 valence electrons. The van der Waals surface area contributed by atoms with Crippen LogP contribution in [0.1, 0.15) is 56.1 Å². The van der Waals surface area contributed by atoms with E-state index in [1.807, 2.05) is 51.3 Å². The highest BCUT2D eigenvalue weighted by Gasteiger charge is 2.27. The van der Waals surface area contributed by atoms with E-state index in [2.05, 4.69) is 25.2 Å². The molecular formula is C32H37NO6S2. The Balaban J connectivity index is 1.76. The lowest BCUT2D eigenvalue weighted by atomic mass is 9.85. The van der Waals surface area contributed by atoms with Gasteiger partial charge in [-0.25, -0.2) is 4.79 Å². The summed E-state index contributed by atoms with van der Waals surface area (Å²) in [7, 11) is -2.23. The maximum absolute atomic E-state index is 13.0. The predicted molar refractivity (Wildman–Crippen MR) is 166 cm³/mol. The van der Waals surface area contributed by atoms with Crippen molar-refractivity contribution in [2.24, 2.45) is 5.92 Å². The number of thioether (sulfide) groups is 1. The minimum absolute atomic E-state index is 0.0269. The molecular weight excluding hydrogens is 558 g/mol. The Morgan fingerprint density at radius 1 is 1.02 bits per heavy atom. The fourth-order valence-electron chi connectivity index (χ4n) is 5.08. The van der Waals surface area contributed by atoms with Crippen molar-refractivity contribution in [1.29, 1.82) is 0 Å². The van der Waals surface area contributed by atoms with Gasteiger partial charge in [0.05, 0.1) is 24.0 Å². The SMILES string of the molecule is COc1cc(OS(=O)(=O)CC(C)C)ccc1-c1ccc2c(c1COC(=O)c1ccc(SC)cc1)C(C)=CC(C)(C)N2. The van der Waals surface area contributed by atoms with E-state index in [4.69, 9.17) is 13.7 Å². The maximum atomic E-state index is 13.0. The van der Waals surface area contributed by atoms with E-state index in [1.54, 1.807) is 42.1 Å². The first kappa shape index (κ1) is 30.5. The number of methoxy groups -OCH3 is 1. The van der Waals surface area contributed by atoms with Gasteiger partial charge in [-0.1, -0.05) is 26.0 Å². The molecule has 0 saturated heterocycles. The van der Waals surface area contributed by atoms with Gasteiger partial charge in [-0.2, -0.15) is 8.42 Å². The number of carbonyl (C=O) groups excluding carboxylic acids is 1. The number of rotatable bonds is 10. The monoisotopic (exact) mass is 595 g/mol. The number of anilines is 1. The second kappa shape index (κ2) is 12.2. The number of benzene rings is 3. The van der Waals surface area contributed by atoms with Gasteiger partial charge < -0.3 is 19.0 Å². The molecule has 1 aliphatic rings. The molecule has 41 heavy (non-hydrogen) atoms. The predicted octanol–water partition coefficient (Wildman–Crippen LogP) is 7.41. The number of carbonyl (C=O) groups is 1. The molecule has 0 radical (unpaired) electrons. The van der Waals surface area contributed by atoms with Crippen LogP contribution in [-0.4, -0.2) is 39.0 Å². The quantitative estimate of drug-likeness (QED) is 0.147. The summed E-state index contributed by atoms with van der Waals surface area (Å²) in [5, 5.41) is 3.56. The van der Waals surface area contributed by atoms with E-state index in [1.165, 1.54) is 7.11 Å². The second-order valence-electron chi connectivity index (χ2n) is 11.1. The van der Waals surface area contributed by atoms with Gasteiger partial charge >= 0.3 is 16.1 Å². The van der Waals surface area contributed by atoms with Crippen LogP contribution in [0, 0.1) is 5.92 Å². The van der Waals surface area contributed by atoms with E-state index in [0.29, 0.717) is 11.3 Å². The molecule has 1 N–H and O–H groups in total. The Hall–Kier alpha value is -3.43. The van der Waals surface area contributed by atoms with E-state index >= 15 is 0 Å². The molecule has 1 heterocycles. The summed E-state index contributed by atoms with van der Waals surface area (Å²) in [5.41, 5.74) is 5.51. The number of allylic oxidation sites excluding steroid dienone is 1. The first-order valence-electron chi connectivity index (χ1n) is 13.4. The summed E-state index contributed by atoms with van der Waals surface area (Å²) >= 11 is 1.60. The molecule has 0 atom stereocenters. The summed E-state index contributed by atoms with van der Waals surface area (Å²) in [4.78, 5) is 14.1.